The topological polar surface area (TPSA) is 41.1 Å². The molecule has 0 aliphatic carbocycles. The third kappa shape index (κ3) is 4.78. The summed E-state index contributed by atoms with van der Waals surface area (Å²) in [6, 6.07) is 5.83. The first kappa shape index (κ1) is 16.5. The molecule has 0 bridgehead atoms. The molecule has 1 aliphatic rings. The van der Waals surface area contributed by atoms with Gasteiger partial charge < -0.3 is 10.6 Å². The Morgan fingerprint density at radius 2 is 1.89 bits per heavy atom. The molecule has 1 amide bonds. The number of hydrogen-bond donors (Lipinski definition) is 2. The SMILES string of the molecule is CC.CCC.CCNc1ccc2c(c1)CNC2=O.[HH]. The molecule has 0 saturated heterocycles. The average molecular weight is 252 g/mol. The van der Waals surface area contributed by atoms with Crippen molar-refractivity contribution in [3.63, 3.8) is 0 Å². The second-order valence-corrected chi connectivity index (χ2v) is 3.79. The molecule has 1 aromatic rings. The third-order valence-electron chi connectivity index (χ3n) is 2.17. The highest BCUT2D eigenvalue weighted by molar-refractivity contribution is 5.98. The minimum atomic E-state index is 0. The van der Waals surface area contributed by atoms with Crippen LogP contribution in [-0.2, 0) is 6.54 Å². The van der Waals surface area contributed by atoms with Crippen molar-refractivity contribution in [2.75, 3.05) is 11.9 Å². The maximum absolute atomic E-state index is 11.2. The summed E-state index contributed by atoms with van der Waals surface area (Å²) in [6.07, 6.45) is 1.25. The van der Waals surface area contributed by atoms with Crippen molar-refractivity contribution in [1.29, 1.82) is 0 Å². The molecule has 1 heterocycles. The van der Waals surface area contributed by atoms with E-state index < -0.39 is 0 Å². The molecule has 0 unspecified atom stereocenters. The van der Waals surface area contributed by atoms with E-state index in [2.05, 4.69) is 31.4 Å². The van der Waals surface area contributed by atoms with Crippen LogP contribution in [0.3, 0.4) is 0 Å². The van der Waals surface area contributed by atoms with E-state index in [0.717, 1.165) is 23.4 Å². The van der Waals surface area contributed by atoms with Crippen LogP contribution in [-0.4, -0.2) is 12.5 Å². The van der Waals surface area contributed by atoms with Gasteiger partial charge in [0.15, 0.2) is 0 Å². The van der Waals surface area contributed by atoms with Gasteiger partial charge in [0.1, 0.15) is 0 Å². The molecule has 0 aromatic heterocycles. The lowest BCUT2D eigenvalue weighted by Crippen LogP contribution is -2.12. The summed E-state index contributed by atoms with van der Waals surface area (Å²) in [5.41, 5.74) is 2.97. The van der Waals surface area contributed by atoms with E-state index in [1.54, 1.807) is 0 Å². The Morgan fingerprint density at radius 1 is 1.28 bits per heavy atom. The Hall–Kier alpha value is -1.51. The normalized spacial score (nSPS) is 11.3. The molecule has 1 aromatic carbocycles. The standard InChI is InChI=1S/C10H12N2O.C3H8.C2H6.H2/c1-2-11-8-3-4-9-7(5-8)6-12-10(9)13;1-3-2;1-2;/h3-5,11H,2,6H2,1H3,(H,12,13);3H2,1-2H3;1-2H3;1H. The summed E-state index contributed by atoms with van der Waals surface area (Å²) in [6.45, 7) is 11.9. The van der Waals surface area contributed by atoms with E-state index in [-0.39, 0.29) is 7.33 Å². The van der Waals surface area contributed by atoms with Crippen molar-refractivity contribution >= 4 is 11.6 Å². The summed E-state index contributed by atoms with van der Waals surface area (Å²) >= 11 is 0. The van der Waals surface area contributed by atoms with E-state index in [1.807, 2.05) is 32.0 Å². The Balaban J connectivity index is 0. The zero-order chi connectivity index (χ0) is 14.0. The van der Waals surface area contributed by atoms with Gasteiger partial charge in [0.05, 0.1) is 0 Å². The average Bonchev–Trinajstić information content (AvgIpc) is 2.75. The highest BCUT2D eigenvalue weighted by atomic mass is 16.1. The van der Waals surface area contributed by atoms with Gasteiger partial charge in [-0.2, -0.15) is 0 Å². The second kappa shape index (κ2) is 9.51. The quantitative estimate of drug-likeness (QED) is 0.833. The molecule has 3 heteroatoms. The maximum Gasteiger partial charge on any atom is 0.251 e. The van der Waals surface area contributed by atoms with E-state index in [4.69, 9.17) is 0 Å². The maximum atomic E-state index is 11.2. The Kier molecular flexibility index (Phi) is 8.71. The van der Waals surface area contributed by atoms with Crippen molar-refractivity contribution in [2.45, 2.75) is 47.6 Å². The van der Waals surface area contributed by atoms with Gasteiger partial charge in [-0.1, -0.05) is 34.1 Å². The first-order valence-corrected chi connectivity index (χ1v) is 6.87. The number of benzene rings is 1. The summed E-state index contributed by atoms with van der Waals surface area (Å²) < 4.78 is 0. The van der Waals surface area contributed by atoms with Gasteiger partial charge in [0.25, 0.3) is 5.91 Å². The lowest BCUT2D eigenvalue weighted by molar-refractivity contribution is 0.0966. The molecule has 1 aliphatic heterocycles. The van der Waals surface area contributed by atoms with E-state index in [9.17, 15) is 4.79 Å². The number of fused-ring (bicyclic) bond motifs is 1. The number of rotatable bonds is 2. The lowest BCUT2D eigenvalue weighted by Gasteiger charge is -2.03. The summed E-state index contributed by atoms with van der Waals surface area (Å²) in [7, 11) is 0. The molecule has 104 valence electrons. The number of nitrogens with one attached hydrogen (secondary N) is 2. The van der Waals surface area contributed by atoms with Crippen LogP contribution in [0.15, 0.2) is 18.2 Å². The predicted octanol–water partition coefficient (Wildman–Crippen LogP) is 4.05. The van der Waals surface area contributed by atoms with Gasteiger partial charge >= 0.3 is 0 Å². The highest BCUT2D eigenvalue weighted by Gasteiger charge is 2.17. The Bertz CT molecular complexity index is 367. The van der Waals surface area contributed by atoms with E-state index in [1.165, 1.54) is 6.42 Å². The van der Waals surface area contributed by atoms with E-state index in [0.29, 0.717) is 6.54 Å². The molecular formula is C15H28N2O. The molecule has 18 heavy (non-hydrogen) atoms. The minimum absolute atomic E-state index is 0. The van der Waals surface area contributed by atoms with Crippen LogP contribution >= 0.6 is 0 Å². The van der Waals surface area contributed by atoms with Crippen LogP contribution in [0.5, 0.6) is 0 Å². The van der Waals surface area contributed by atoms with Gasteiger partial charge in [-0.15, -0.1) is 0 Å². The van der Waals surface area contributed by atoms with Crippen molar-refractivity contribution in [1.82, 2.24) is 5.32 Å². The zero-order valence-corrected chi connectivity index (χ0v) is 12.3. The van der Waals surface area contributed by atoms with Crippen LogP contribution in [0.25, 0.3) is 0 Å². The van der Waals surface area contributed by atoms with Crippen molar-refractivity contribution in [2.24, 2.45) is 0 Å². The first-order chi connectivity index (χ1) is 8.72. The predicted molar refractivity (Wildman–Crippen MR) is 81.2 cm³/mol. The van der Waals surface area contributed by atoms with E-state index >= 15 is 0 Å². The number of anilines is 1. The molecule has 0 saturated carbocycles. The molecule has 0 atom stereocenters. The summed E-state index contributed by atoms with van der Waals surface area (Å²) in [4.78, 5) is 11.2. The minimum Gasteiger partial charge on any atom is -0.385 e. The number of hydrogen-bond acceptors (Lipinski definition) is 2. The number of carbonyl (C=O) groups excluding carboxylic acids is 1. The fourth-order valence-electron chi connectivity index (χ4n) is 1.55. The largest absolute Gasteiger partial charge is 0.385 e. The second-order valence-electron chi connectivity index (χ2n) is 3.79. The molecule has 0 spiro atoms. The fraction of sp³-hybridized carbons (Fsp3) is 0.533. The van der Waals surface area contributed by atoms with Crippen LogP contribution in [0.1, 0.15) is 58.4 Å². The van der Waals surface area contributed by atoms with Gasteiger partial charge in [0.2, 0.25) is 0 Å². The van der Waals surface area contributed by atoms with Crippen LogP contribution < -0.4 is 10.6 Å². The first-order valence-electron chi connectivity index (χ1n) is 6.87. The summed E-state index contributed by atoms with van der Waals surface area (Å²) in [5.74, 6) is 0.0399. The Morgan fingerprint density at radius 3 is 2.44 bits per heavy atom. The fourth-order valence-corrected chi connectivity index (χ4v) is 1.55. The lowest BCUT2D eigenvalue weighted by atomic mass is 10.1. The van der Waals surface area contributed by atoms with Crippen molar-refractivity contribution in [3.8, 4) is 0 Å². The molecule has 3 nitrogen and oxygen atoms in total. The number of carbonyl (C=O) groups is 1. The monoisotopic (exact) mass is 252 g/mol. The molecule has 2 rings (SSSR count). The van der Waals surface area contributed by atoms with Gasteiger partial charge in [-0.25, -0.2) is 0 Å². The highest BCUT2D eigenvalue weighted by Crippen LogP contribution is 2.19. The van der Waals surface area contributed by atoms with Crippen LogP contribution in [0.2, 0.25) is 0 Å². The molecule has 2 N–H and O–H groups in total. The van der Waals surface area contributed by atoms with Crippen molar-refractivity contribution in [3.05, 3.63) is 29.3 Å². The van der Waals surface area contributed by atoms with Gasteiger partial charge in [-0.05, 0) is 30.7 Å². The van der Waals surface area contributed by atoms with Crippen LogP contribution in [0, 0.1) is 0 Å². The summed E-state index contributed by atoms with van der Waals surface area (Å²) in [5, 5.41) is 6.00. The molecule has 0 radical (unpaired) electrons. The van der Waals surface area contributed by atoms with Crippen molar-refractivity contribution < 1.29 is 6.22 Å². The van der Waals surface area contributed by atoms with Gasteiger partial charge in [-0.3, -0.25) is 4.79 Å². The van der Waals surface area contributed by atoms with Gasteiger partial charge in [0, 0.05) is 25.8 Å². The zero-order valence-electron chi connectivity index (χ0n) is 12.3. The molecule has 0 fully saturated rings. The Labute approximate surface area is 112 Å². The van der Waals surface area contributed by atoms with Crippen LogP contribution in [0.4, 0.5) is 5.69 Å². The smallest absolute Gasteiger partial charge is 0.251 e. The third-order valence-corrected chi connectivity index (χ3v) is 2.17. The molecular weight excluding hydrogens is 224 g/mol. The number of amides is 1.